The maximum atomic E-state index is 6.79. The van der Waals surface area contributed by atoms with Gasteiger partial charge in [0.2, 0.25) is 0 Å². The minimum absolute atomic E-state index is 0.641. The van der Waals surface area contributed by atoms with E-state index in [1.165, 1.54) is 83.0 Å². The van der Waals surface area contributed by atoms with Crippen LogP contribution < -0.4 is 9.47 Å². The summed E-state index contributed by atoms with van der Waals surface area (Å²) < 4.78 is 24.1. The Morgan fingerprint density at radius 3 is 1.47 bits per heavy atom. The van der Waals surface area contributed by atoms with Gasteiger partial charge in [0.1, 0.15) is 11.0 Å². The molecule has 6 aromatic rings. The van der Waals surface area contributed by atoms with Gasteiger partial charge in [-0.2, -0.15) is 0 Å². The number of nitrogens with zero attached hydrogens (tertiary/aromatic N) is 2. The van der Waals surface area contributed by atoms with Crippen LogP contribution in [0.2, 0.25) is 0 Å². The molecule has 9 heteroatoms. The van der Waals surface area contributed by atoms with E-state index < -0.39 is 0 Å². The summed E-state index contributed by atoms with van der Waals surface area (Å²) in [5.74, 6) is 1.56. The van der Waals surface area contributed by atoms with E-state index in [0.29, 0.717) is 13.2 Å². The molecule has 0 aliphatic rings. The van der Waals surface area contributed by atoms with Crippen LogP contribution in [0, 0.1) is 0 Å². The zero-order valence-electron chi connectivity index (χ0n) is 25.1. The molecule has 0 spiro atoms. The van der Waals surface area contributed by atoms with Gasteiger partial charge < -0.3 is 9.47 Å². The quantitative estimate of drug-likeness (QED) is 0.0865. The molecule has 0 bridgehead atoms. The summed E-state index contributed by atoms with van der Waals surface area (Å²) >= 11 is 7.06. The highest BCUT2D eigenvalue weighted by atomic mass is 32.1. The molecule has 5 heterocycles. The Balaban J connectivity index is 1.41. The average molecular weight is 653 g/mol. The van der Waals surface area contributed by atoms with Crippen LogP contribution in [0.3, 0.4) is 0 Å². The van der Waals surface area contributed by atoms with E-state index in [4.69, 9.17) is 14.1 Å². The van der Waals surface area contributed by atoms with Crippen molar-refractivity contribution in [2.45, 2.75) is 90.9 Å². The van der Waals surface area contributed by atoms with E-state index in [1.54, 1.807) is 45.3 Å². The SMILES string of the molecule is CCCCCCCCOc1c(OCCCCCCCC)c(-c2cc3sccc3s2)c2nonc2c1-c1cc2sccc2s1. The van der Waals surface area contributed by atoms with Crippen LogP contribution >= 0.6 is 45.3 Å². The average Bonchev–Trinajstić information content (AvgIpc) is 3.82. The van der Waals surface area contributed by atoms with Gasteiger partial charge in [-0.1, -0.05) is 78.1 Å². The molecule has 0 saturated heterocycles. The molecule has 0 atom stereocenters. The maximum absolute atomic E-state index is 6.79. The lowest BCUT2D eigenvalue weighted by Crippen LogP contribution is -2.06. The minimum atomic E-state index is 0.641. The molecule has 228 valence electrons. The third-order valence-corrected chi connectivity index (χ3v) is 12.1. The molecular formula is C34H40N2O3S4. The molecule has 0 N–H and O–H groups in total. The zero-order chi connectivity index (χ0) is 29.4. The number of benzene rings is 1. The smallest absolute Gasteiger partial charge is 0.172 e. The molecule has 0 amide bonds. The van der Waals surface area contributed by atoms with E-state index in [0.717, 1.165) is 56.3 Å². The fraction of sp³-hybridized carbons (Fsp3) is 0.471. The van der Waals surface area contributed by atoms with Gasteiger partial charge in [-0.25, -0.2) is 4.63 Å². The van der Waals surface area contributed by atoms with Crippen molar-refractivity contribution >= 4 is 75.2 Å². The summed E-state index contributed by atoms with van der Waals surface area (Å²) in [7, 11) is 0. The van der Waals surface area contributed by atoms with Crippen molar-refractivity contribution < 1.29 is 14.1 Å². The summed E-state index contributed by atoms with van der Waals surface area (Å²) in [4.78, 5) is 2.23. The van der Waals surface area contributed by atoms with Crippen molar-refractivity contribution in [3.8, 4) is 32.4 Å². The van der Waals surface area contributed by atoms with E-state index in [-0.39, 0.29) is 0 Å². The van der Waals surface area contributed by atoms with Gasteiger partial charge >= 0.3 is 0 Å². The summed E-state index contributed by atoms with van der Waals surface area (Å²) in [6, 6.07) is 8.88. The zero-order valence-corrected chi connectivity index (χ0v) is 28.4. The van der Waals surface area contributed by atoms with Crippen molar-refractivity contribution in [1.29, 1.82) is 0 Å². The van der Waals surface area contributed by atoms with Crippen LogP contribution in [-0.4, -0.2) is 23.5 Å². The number of hydrogen-bond donors (Lipinski definition) is 0. The predicted molar refractivity (Wildman–Crippen MR) is 187 cm³/mol. The second-order valence-electron chi connectivity index (χ2n) is 11.1. The standard InChI is InChI=1S/C34H40N2O3S4/c1-3-5-7-9-11-13-17-37-33-29(27-21-25-23(42-27)15-19-40-25)31-32(36-39-35-31)30(28-22-26-24(43-28)16-20-41-26)34(33)38-18-14-12-10-8-6-4-2/h15-16,19-22H,3-14,17-18H2,1-2H3. The molecule has 5 aromatic heterocycles. The second kappa shape index (κ2) is 15.0. The molecular weight excluding hydrogens is 613 g/mol. The maximum Gasteiger partial charge on any atom is 0.172 e. The first-order valence-electron chi connectivity index (χ1n) is 15.8. The van der Waals surface area contributed by atoms with Gasteiger partial charge in [0, 0.05) is 28.6 Å². The predicted octanol–water partition coefficient (Wildman–Crippen LogP) is 12.6. The second-order valence-corrected chi connectivity index (χ2v) is 15.2. The number of ether oxygens (including phenoxy) is 2. The molecule has 5 nitrogen and oxygen atoms in total. The summed E-state index contributed by atoms with van der Waals surface area (Å²) in [5.41, 5.74) is 3.36. The van der Waals surface area contributed by atoms with Gasteiger partial charge in [0.15, 0.2) is 11.5 Å². The third-order valence-electron chi connectivity index (χ3n) is 7.88. The van der Waals surface area contributed by atoms with Gasteiger partial charge in [-0.05, 0) is 58.2 Å². The highest BCUT2D eigenvalue weighted by molar-refractivity contribution is 7.29. The molecule has 0 fully saturated rings. The van der Waals surface area contributed by atoms with Crippen LogP contribution in [0.25, 0.3) is 50.7 Å². The molecule has 0 radical (unpaired) electrons. The van der Waals surface area contributed by atoms with E-state index >= 15 is 0 Å². The molecule has 6 rings (SSSR count). The Hall–Kier alpha value is -2.46. The lowest BCUT2D eigenvalue weighted by atomic mass is 10.0. The number of thiophene rings is 4. The van der Waals surface area contributed by atoms with Gasteiger partial charge in [0.25, 0.3) is 0 Å². The molecule has 0 unspecified atom stereocenters. The fourth-order valence-electron chi connectivity index (χ4n) is 5.58. The first kappa shape index (κ1) is 30.6. The van der Waals surface area contributed by atoms with Gasteiger partial charge in [-0.15, -0.1) is 45.3 Å². The van der Waals surface area contributed by atoms with Crippen LogP contribution in [0.1, 0.15) is 90.9 Å². The Morgan fingerprint density at radius 1 is 0.581 bits per heavy atom. The fourth-order valence-corrected chi connectivity index (χ4v) is 9.89. The number of aromatic nitrogens is 2. The summed E-state index contributed by atoms with van der Waals surface area (Å²) in [6.07, 6.45) is 14.5. The largest absolute Gasteiger partial charge is 0.489 e. The number of unbranched alkanes of at least 4 members (excludes halogenated alkanes) is 10. The highest BCUT2D eigenvalue weighted by Crippen LogP contribution is 2.54. The Morgan fingerprint density at radius 2 is 1.02 bits per heavy atom. The van der Waals surface area contributed by atoms with Crippen molar-refractivity contribution in [1.82, 2.24) is 10.3 Å². The van der Waals surface area contributed by atoms with Crippen molar-refractivity contribution in [3.05, 3.63) is 35.0 Å². The van der Waals surface area contributed by atoms with Crippen LogP contribution in [-0.2, 0) is 0 Å². The third kappa shape index (κ3) is 6.95. The Labute approximate surface area is 269 Å². The van der Waals surface area contributed by atoms with E-state index in [1.807, 2.05) is 0 Å². The van der Waals surface area contributed by atoms with Crippen LogP contribution in [0.5, 0.6) is 11.5 Å². The van der Waals surface area contributed by atoms with Gasteiger partial charge in [0.05, 0.1) is 24.3 Å². The number of hydrogen-bond acceptors (Lipinski definition) is 9. The topological polar surface area (TPSA) is 57.4 Å². The minimum Gasteiger partial charge on any atom is -0.489 e. The van der Waals surface area contributed by atoms with Crippen LogP contribution in [0.4, 0.5) is 0 Å². The molecule has 0 aliphatic heterocycles. The lowest BCUT2D eigenvalue weighted by Gasteiger charge is -2.19. The van der Waals surface area contributed by atoms with Crippen LogP contribution in [0.15, 0.2) is 39.7 Å². The van der Waals surface area contributed by atoms with Crippen molar-refractivity contribution in [3.63, 3.8) is 0 Å². The monoisotopic (exact) mass is 652 g/mol. The molecule has 43 heavy (non-hydrogen) atoms. The highest BCUT2D eigenvalue weighted by Gasteiger charge is 2.30. The Kier molecular flexibility index (Phi) is 10.7. The van der Waals surface area contributed by atoms with Crippen molar-refractivity contribution in [2.24, 2.45) is 0 Å². The lowest BCUT2D eigenvalue weighted by molar-refractivity contribution is 0.260. The Bertz CT molecular complexity index is 1560. The summed E-state index contributed by atoms with van der Waals surface area (Å²) in [6.45, 7) is 5.80. The molecule has 0 saturated carbocycles. The number of rotatable bonds is 18. The first-order valence-corrected chi connectivity index (χ1v) is 19.2. The van der Waals surface area contributed by atoms with E-state index in [9.17, 15) is 0 Å². The normalized spacial score (nSPS) is 11.9. The summed E-state index contributed by atoms with van der Waals surface area (Å²) in [5, 5.41) is 13.3. The van der Waals surface area contributed by atoms with E-state index in [2.05, 4.69) is 59.2 Å². The molecule has 0 aliphatic carbocycles. The van der Waals surface area contributed by atoms with Crippen molar-refractivity contribution in [2.75, 3.05) is 13.2 Å². The van der Waals surface area contributed by atoms with Gasteiger partial charge in [-0.3, -0.25) is 0 Å². The first-order chi connectivity index (χ1) is 21.3. The molecule has 1 aromatic carbocycles. The number of fused-ring (bicyclic) bond motifs is 3.